The molecule has 5 heteroatoms. The van der Waals surface area contributed by atoms with Crippen molar-refractivity contribution in [2.75, 3.05) is 13.1 Å². The first-order chi connectivity index (χ1) is 10.0. The Bertz CT molecular complexity index is 513. The van der Waals surface area contributed by atoms with Crippen LogP contribution < -0.4 is 10.5 Å². The maximum absolute atomic E-state index is 12.4. The third-order valence-corrected chi connectivity index (χ3v) is 4.30. The molecule has 21 heavy (non-hydrogen) atoms. The molecule has 1 fully saturated rings. The van der Waals surface area contributed by atoms with Gasteiger partial charge in [0.2, 0.25) is 0 Å². The number of amides is 1. The third kappa shape index (κ3) is 3.98. The number of rotatable bonds is 4. The summed E-state index contributed by atoms with van der Waals surface area (Å²) in [5.41, 5.74) is 7.69. The average Bonchev–Trinajstić information content (AvgIpc) is 2.49. The highest BCUT2D eigenvalue weighted by Gasteiger charge is 2.24. The fourth-order valence-electron chi connectivity index (χ4n) is 2.72. The van der Waals surface area contributed by atoms with E-state index in [2.05, 4.69) is 15.9 Å². The van der Waals surface area contributed by atoms with E-state index >= 15 is 0 Å². The summed E-state index contributed by atoms with van der Waals surface area (Å²) in [6, 6.07) is 3.92. The molecule has 0 saturated carbocycles. The summed E-state index contributed by atoms with van der Waals surface area (Å²) in [6.07, 6.45) is 2.91. The van der Waals surface area contributed by atoms with Crippen LogP contribution in [0.4, 0.5) is 0 Å². The van der Waals surface area contributed by atoms with Gasteiger partial charge in [0, 0.05) is 29.7 Å². The standard InChI is InChI=1S/C16H23BrN2O2/c1-11-8-14(17)9-13(10-18)15(11)21-12(2)16(20)19-6-4-3-5-7-19/h8-9,12H,3-7,10,18H2,1-2H3. The quantitative estimate of drug-likeness (QED) is 0.903. The molecule has 0 aliphatic carbocycles. The minimum atomic E-state index is -0.478. The fraction of sp³-hybridized carbons (Fsp3) is 0.562. The summed E-state index contributed by atoms with van der Waals surface area (Å²) in [4.78, 5) is 14.3. The Morgan fingerprint density at radius 3 is 2.67 bits per heavy atom. The van der Waals surface area contributed by atoms with Crippen LogP contribution in [0.3, 0.4) is 0 Å². The van der Waals surface area contributed by atoms with Crippen LogP contribution >= 0.6 is 15.9 Å². The number of nitrogens with two attached hydrogens (primary N) is 1. The highest BCUT2D eigenvalue weighted by molar-refractivity contribution is 9.10. The largest absolute Gasteiger partial charge is 0.480 e. The van der Waals surface area contributed by atoms with Crippen LogP contribution in [0.1, 0.15) is 37.3 Å². The number of likely N-dealkylation sites (tertiary alicyclic amines) is 1. The van der Waals surface area contributed by atoms with Crippen LogP contribution in [0, 0.1) is 6.92 Å². The van der Waals surface area contributed by atoms with Gasteiger partial charge in [0.05, 0.1) is 0 Å². The number of halogens is 1. The first kappa shape index (κ1) is 16.3. The van der Waals surface area contributed by atoms with Gasteiger partial charge in [-0.3, -0.25) is 4.79 Å². The van der Waals surface area contributed by atoms with Crippen molar-refractivity contribution in [1.29, 1.82) is 0 Å². The molecule has 1 aromatic carbocycles. The van der Waals surface area contributed by atoms with Crippen LogP contribution in [-0.2, 0) is 11.3 Å². The van der Waals surface area contributed by atoms with E-state index in [0.29, 0.717) is 6.54 Å². The molecule has 2 N–H and O–H groups in total. The lowest BCUT2D eigenvalue weighted by atomic mass is 10.1. The van der Waals surface area contributed by atoms with E-state index in [4.69, 9.17) is 10.5 Å². The molecule has 2 rings (SSSR count). The van der Waals surface area contributed by atoms with Gasteiger partial charge in [0.15, 0.2) is 6.10 Å². The van der Waals surface area contributed by atoms with Crippen molar-refractivity contribution in [2.24, 2.45) is 5.73 Å². The first-order valence-electron chi connectivity index (χ1n) is 7.47. The van der Waals surface area contributed by atoms with Crippen molar-refractivity contribution < 1.29 is 9.53 Å². The molecule has 116 valence electrons. The Morgan fingerprint density at radius 2 is 2.05 bits per heavy atom. The SMILES string of the molecule is Cc1cc(Br)cc(CN)c1OC(C)C(=O)N1CCCCC1. The number of piperidine rings is 1. The lowest BCUT2D eigenvalue weighted by molar-refractivity contribution is -0.138. The van der Waals surface area contributed by atoms with E-state index in [1.54, 1.807) is 0 Å². The topological polar surface area (TPSA) is 55.6 Å². The third-order valence-electron chi connectivity index (χ3n) is 3.85. The van der Waals surface area contributed by atoms with Gasteiger partial charge in [-0.25, -0.2) is 0 Å². The highest BCUT2D eigenvalue weighted by Crippen LogP contribution is 2.29. The summed E-state index contributed by atoms with van der Waals surface area (Å²) >= 11 is 3.46. The minimum Gasteiger partial charge on any atom is -0.480 e. The molecular formula is C16H23BrN2O2. The van der Waals surface area contributed by atoms with E-state index in [0.717, 1.165) is 47.3 Å². The molecule has 1 aliphatic heterocycles. The van der Waals surface area contributed by atoms with Gasteiger partial charge in [0.25, 0.3) is 5.91 Å². The molecule has 1 aromatic rings. The summed E-state index contributed by atoms with van der Waals surface area (Å²) < 4.78 is 6.92. The van der Waals surface area contributed by atoms with Gasteiger partial charge in [-0.15, -0.1) is 0 Å². The van der Waals surface area contributed by atoms with Crippen LogP contribution in [-0.4, -0.2) is 30.0 Å². The molecule has 1 saturated heterocycles. The zero-order valence-corrected chi connectivity index (χ0v) is 14.3. The van der Waals surface area contributed by atoms with Crippen molar-refractivity contribution in [3.63, 3.8) is 0 Å². The Morgan fingerprint density at radius 1 is 1.38 bits per heavy atom. The Balaban J connectivity index is 2.11. The monoisotopic (exact) mass is 354 g/mol. The van der Waals surface area contributed by atoms with Crippen molar-refractivity contribution in [3.05, 3.63) is 27.7 Å². The van der Waals surface area contributed by atoms with Crippen molar-refractivity contribution in [1.82, 2.24) is 4.90 Å². The Hall–Kier alpha value is -1.07. The number of benzene rings is 1. The van der Waals surface area contributed by atoms with Gasteiger partial charge in [-0.05, 0) is 50.8 Å². The number of nitrogens with zero attached hydrogens (tertiary/aromatic N) is 1. The van der Waals surface area contributed by atoms with Gasteiger partial charge in [-0.1, -0.05) is 15.9 Å². The zero-order chi connectivity index (χ0) is 15.4. The van der Waals surface area contributed by atoms with Gasteiger partial charge >= 0.3 is 0 Å². The molecule has 1 amide bonds. The Labute approximate surface area is 134 Å². The number of hydrogen-bond acceptors (Lipinski definition) is 3. The summed E-state index contributed by atoms with van der Waals surface area (Å²) in [7, 11) is 0. The number of aryl methyl sites for hydroxylation is 1. The maximum Gasteiger partial charge on any atom is 0.263 e. The molecule has 1 heterocycles. The summed E-state index contributed by atoms with van der Waals surface area (Å²) in [5.74, 6) is 0.804. The van der Waals surface area contributed by atoms with Gasteiger partial charge < -0.3 is 15.4 Å². The van der Waals surface area contributed by atoms with E-state index in [-0.39, 0.29) is 5.91 Å². The van der Waals surface area contributed by atoms with Gasteiger partial charge in [0.1, 0.15) is 5.75 Å². The molecule has 0 aromatic heterocycles. The normalized spacial score (nSPS) is 16.7. The predicted octanol–water partition coefficient (Wildman–Crippen LogP) is 3.00. The van der Waals surface area contributed by atoms with Crippen molar-refractivity contribution in [2.45, 2.75) is 45.8 Å². The second-order valence-electron chi connectivity index (χ2n) is 5.56. The predicted molar refractivity (Wildman–Crippen MR) is 87.3 cm³/mol. The number of ether oxygens (including phenoxy) is 1. The lowest BCUT2D eigenvalue weighted by Gasteiger charge is -2.29. The van der Waals surface area contributed by atoms with E-state index in [9.17, 15) is 4.79 Å². The highest BCUT2D eigenvalue weighted by atomic mass is 79.9. The van der Waals surface area contributed by atoms with Crippen LogP contribution in [0.5, 0.6) is 5.75 Å². The molecule has 1 unspecified atom stereocenters. The van der Waals surface area contributed by atoms with Crippen LogP contribution in [0.25, 0.3) is 0 Å². The fourth-order valence-corrected chi connectivity index (χ4v) is 3.34. The molecule has 4 nitrogen and oxygen atoms in total. The van der Waals surface area contributed by atoms with Crippen LogP contribution in [0.2, 0.25) is 0 Å². The second kappa shape index (κ2) is 7.27. The molecule has 1 atom stereocenters. The zero-order valence-electron chi connectivity index (χ0n) is 12.7. The van der Waals surface area contributed by atoms with Crippen molar-refractivity contribution >= 4 is 21.8 Å². The lowest BCUT2D eigenvalue weighted by Crippen LogP contribution is -2.43. The molecule has 0 spiro atoms. The smallest absolute Gasteiger partial charge is 0.263 e. The molecule has 0 radical (unpaired) electrons. The van der Waals surface area contributed by atoms with E-state index in [1.165, 1.54) is 6.42 Å². The average molecular weight is 355 g/mol. The molecule has 0 bridgehead atoms. The van der Waals surface area contributed by atoms with E-state index < -0.39 is 6.10 Å². The maximum atomic E-state index is 12.4. The van der Waals surface area contributed by atoms with E-state index in [1.807, 2.05) is 30.9 Å². The molecular weight excluding hydrogens is 332 g/mol. The Kier molecular flexibility index (Phi) is 5.65. The van der Waals surface area contributed by atoms with Crippen LogP contribution in [0.15, 0.2) is 16.6 Å². The molecule has 1 aliphatic rings. The number of carbonyl (C=O) groups is 1. The summed E-state index contributed by atoms with van der Waals surface area (Å²) in [6.45, 7) is 5.86. The second-order valence-corrected chi connectivity index (χ2v) is 6.48. The number of hydrogen-bond donors (Lipinski definition) is 1. The minimum absolute atomic E-state index is 0.0694. The first-order valence-corrected chi connectivity index (χ1v) is 8.26. The van der Waals surface area contributed by atoms with Gasteiger partial charge in [-0.2, -0.15) is 0 Å². The summed E-state index contributed by atoms with van der Waals surface area (Å²) in [5, 5.41) is 0. The number of carbonyl (C=O) groups excluding carboxylic acids is 1. The van der Waals surface area contributed by atoms with Crippen molar-refractivity contribution in [3.8, 4) is 5.75 Å².